The molecule has 0 unspecified atom stereocenters. The number of ether oxygens (including phenoxy) is 1. The SMILES string of the molecule is CCCCCCc1ccc(-c2ncc(-c3ccc(OCCCCc4ccccc4)cc3)s2)cc1. The minimum Gasteiger partial charge on any atom is -0.494 e. The molecule has 34 heavy (non-hydrogen) atoms. The number of unbranched alkanes of at least 4 members (excludes halogenated alkanes) is 4. The van der Waals surface area contributed by atoms with E-state index in [1.54, 1.807) is 11.3 Å². The first kappa shape index (κ1) is 24.2. The fourth-order valence-electron chi connectivity index (χ4n) is 4.09. The third kappa shape index (κ3) is 7.30. The molecule has 176 valence electrons. The van der Waals surface area contributed by atoms with E-state index in [0.717, 1.165) is 36.6 Å². The van der Waals surface area contributed by atoms with E-state index in [4.69, 9.17) is 4.74 Å². The lowest BCUT2D eigenvalue weighted by molar-refractivity contribution is 0.307. The largest absolute Gasteiger partial charge is 0.494 e. The van der Waals surface area contributed by atoms with E-state index >= 15 is 0 Å². The van der Waals surface area contributed by atoms with Gasteiger partial charge in [-0.1, -0.05) is 80.8 Å². The molecule has 0 aliphatic carbocycles. The van der Waals surface area contributed by atoms with Gasteiger partial charge in [-0.2, -0.15) is 0 Å². The van der Waals surface area contributed by atoms with Crippen LogP contribution in [0.3, 0.4) is 0 Å². The van der Waals surface area contributed by atoms with Gasteiger partial charge in [-0.25, -0.2) is 4.98 Å². The molecule has 1 heterocycles. The van der Waals surface area contributed by atoms with Gasteiger partial charge in [-0.15, -0.1) is 11.3 Å². The average Bonchev–Trinajstić information content (AvgIpc) is 3.38. The quantitative estimate of drug-likeness (QED) is 0.182. The molecule has 1 aromatic heterocycles. The van der Waals surface area contributed by atoms with E-state index in [-0.39, 0.29) is 0 Å². The Kier molecular flexibility index (Phi) is 9.33. The molecular weight excluding hydrogens is 434 g/mol. The molecule has 0 radical (unpaired) electrons. The van der Waals surface area contributed by atoms with Crippen molar-refractivity contribution in [2.75, 3.05) is 6.61 Å². The summed E-state index contributed by atoms with van der Waals surface area (Å²) in [5, 5.41) is 1.08. The fourth-order valence-corrected chi connectivity index (χ4v) is 5.02. The number of thiazole rings is 1. The standard InChI is InChI=1S/C31H35NOS/c1-2-3-4-6-13-26-15-17-28(18-16-26)31-32-24-30(34-31)27-19-21-29(22-20-27)33-23-10-9-14-25-11-7-5-8-12-25/h5,7-8,11-12,15-22,24H,2-4,6,9-10,13-14,23H2,1H3. The summed E-state index contributed by atoms with van der Waals surface area (Å²) in [4.78, 5) is 5.87. The first-order valence-electron chi connectivity index (χ1n) is 12.6. The number of aromatic nitrogens is 1. The molecule has 0 atom stereocenters. The van der Waals surface area contributed by atoms with E-state index in [0.29, 0.717) is 0 Å². The van der Waals surface area contributed by atoms with Crippen LogP contribution in [0.1, 0.15) is 56.6 Å². The second kappa shape index (κ2) is 13.1. The fraction of sp³-hybridized carbons (Fsp3) is 0.323. The minimum atomic E-state index is 0.755. The summed E-state index contributed by atoms with van der Waals surface area (Å²) in [6.45, 7) is 3.01. The normalized spacial score (nSPS) is 11.0. The Labute approximate surface area is 208 Å². The molecular formula is C31H35NOS. The van der Waals surface area contributed by atoms with Crippen molar-refractivity contribution in [3.8, 4) is 26.8 Å². The zero-order chi connectivity index (χ0) is 23.4. The lowest BCUT2D eigenvalue weighted by Crippen LogP contribution is -1.98. The highest BCUT2D eigenvalue weighted by Gasteiger charge is 2.07. The van der Waals surface area contributed by atoms with Gasteiger partial charge in [0.25, 0.3) is 0 Å². The van der Waals surface area contributed by atoms with Gasteiger partial charge in [0.2, 0.25) is 0 Å². The number of benzene rings is 3. The maximum absolute atomic E-state index is 5.95. The number of rotatable bonds is 13. The summed E-state index contributed by atoms with van der Waals surface area (Å²) >= 11 is 1.75. The minimum absolute atomic E-state index is 0.755. The Morgan fingerprint density at radius 3 is 2.09 bits per heavy atom. The van der Waals surface area contributed by atoms with E-state index in [1.165, 1.54) is 59.2 Å². The van der Waals surface area contributed by atoms with Gasteiger partial charge < -0.3 is 4.74 Å². The predicted octanol–water partition coefficient (Wildman–Crippen LogP) is 9.00. The molecule has 2 nitrogen and oxygen atoms in total. The maximum Gasteiger partial charge on any atom is 0.123 e. The van der Waals surface area contributed by atoms with Crippen molar-refractivity contribution in [1.82, 2.24) is 4.98 Å². The van der Waals surface area contributed by atoms with E-state index in [9.17, 15) is 0 Å². The highest BCUT2D eigenvalue weighted by molar-refractivity contribution is 7.18. The Bertz CT molecular complexity index is 1100. The van der Waals surface area contributed by atoms with E-state index in [1.807, 2.05) is 6.20 Å². The van der Waals surface area contributed by atoms with Crippen LogP contribution in [-0.2, 0) is 12.8 Å². The lowest BCUT2D eigenvalue weighted by atomic mass is 10.0. The third-order valence-corrected chi connectivity index (χ3v) is 7.23. The van der Waals surface area contributed by atoms with Crippen LogP contribution in [0.25, 0.3) is 21.0 Å². The molecule has 0 saturated heterocycles. The number of hydrogen-bond acceptors (Lipinski definition) is 3. The topological polar surface area (TPSA) is 22.1 Å². The summed E-state index contributed by atoms with van der Waals surface area (Å²) in [6.07, 6.45) is 11.7. The molecule has 3 aromatic carbocycles. The van der Waals surface area contributed by atoms with Crippen LogP contribution in [0, 0.1) is 0 Å². The second-order valence-corrected chi connectivity index (χ2v) is 9.88. The summed E-state index contributed by atoms with van der Waals surface area (Å²) in [5.41, 5.74) is 5.21. The Balaban J connectivity index is 1.24. The van der Waals surface area contributed by atoms with Crippen molar-refractivity contribution in [3.05, 3.63) is 96.2 Å². The summed E-state index contributed by atoms with van der Waals surface area (Å²) in [6, 6.07) is 28.0. The third-order valence-electron chi connectivity index (χ3n) is 6.14. The molecule has 0 bridgehead atoms. The second-order valence-electron chi connectivity index (χ2n) is 8.85. The highest BCUT2D eigenvalue weighted by Crippen LogP contribution is 2.33. The molecule has 0 N–H and O–H groups in total. The first-order valence-corrected chi connectivity index (χ1v) is 13.5. The zero-order valence-corrected chi connectivity index (χ0v) is 21.0. The number of aryl methyl sites for hydroxylation is 2. The van der Waals surface area contributed by atoms with Gasteiger partial charge in [0.1, 0.15) is 10.8 Å². The van der Waals surface area contributed by atoms with Gasteiger partial charge in [0.15, 0.2) is 0 Å². The molecule has 0 spiro atoms. The van der Waals surface area contributed by atoms with Crippen molar-refractivity contribution in [2.45, 2.75) is 58.3 Å². The van der Waals surface area contributed by atoms with Crippen LogP contribution in [0.15, 0.2) is 85.1 Å². The van der Waals surface area contributed by atoms with Gasteiger partial charge in [0, 0.05) is 11.8 Å². The summed E-state index contributed by atoms with van der Waals surface area (Å²) in [7, 11) is 0. The van der Waals surface area contributed by atoms with Crippen LogP contribution in [0.4, 0.5) is 0 Å². The molecule has 0 aliphatic rings. The van der Waals surface area contributed by atoms with Gasteiger partial charge in [0.05, 0.1) is 11.5 Å². The zero-order valence-electron chi connectivity index (χ0n) is 20.2. The van der Waals surface area contributed by atoms with Gasteiger partial charge in [-0.3, -0.25) is 0 Å². The number of nitrogens with zero attached hydrogens (tertiary/aromatic N) is 1. The molecule has 4 aromatic rings. The van der Waals surface area contributed by atoms with Crippen LogP contribution >= 0.6 is 11.3 Å². The van der Waals surface area contributed by atoms with Crippen LogP contribution in [0.5, 0.6) is 5.75 Å². The maximum atomic E-state index is 5.95. The van der Waals surface area contributed by atoms with Crippen molar-refractivity contribution in [2.24, 2.45) is 0 Å². The first-order chi connectivity index (χ1) is 16.8. The Morgan fingerprint density at radius 2 is 1.35 bits per heavy atom. The summed E-state index contributed by atoms with van der Waals surface area (Å²) in [5.74, 6) is 0.933. The predicted molar refractivity (Wildman–Crippen MR) is 146 cm³/mol. The number of hydrogen-bond donors (Lipinski definition) is 0. The van der Waals surface area contributed by atoms with Crippen LogP contribution < -0.4 is 4.74 Å². The van der Waals surface area contributed by atoms with E-state index < -0.39 is 0 Å². The van der Waals surface area contributed by atoms with Crippen molar-refractivity contribution >= 4 is 11.3 Å². The molecule has 0 saturated carbocycles. The lowest BCUT2D eigenvalue weighted by Gasteiger charge is -2.07. The molecule has 0 amide bonds. The Morgan fingerprint density at radius 1 is 0.676 bits per heavy atom. The summed E-state index contributed by atoms with van der Waals surface area (Å²) < 4.78 is 5.95. The van der Waals surface area contributed by atoms with Crippen molar-refractivity contribution in [3.63, 3.8) is 0 Å². The molecule has 3 heteroatoms. The Hall–Kier alpha value is -2.91. The van der Waals surface area contributed by atoms with Gasteiger partial charge in [-0.05, 0) is 73.1 Å². The average molecular weight is 470 g/mol. The smallest absolute Gasteiger partial charge is 0.123 e. The van der Waals surface area contributed by atoms with Gasteiger partial charge >= 0.3 is 0 Å². The van der Waals surface area contributed by atoms with Crippen molar-refractivity contribution < 1.29 is 4.74 Å². The molecule has 0 fully saturated rings. The van der Waals surface area contributed by atoms with Crippen LogP contribution in [0.2, 0.25) is 0 Å². The highest BCUT2D eigenvalue weighted by atomic mass is 32.1. The van der Waals surface area contributed by atoms with Crippen LogP contribution in [-0.4, -0.2) is 11.6 Å². The van der Waals surface area contributed by atoms with Crippen molar-refractivity contribution in [1.29, 1.82) is 0 Å². The monoisotopic (exact) mass is 469 g/mol. The molecule has 0 aliphatic heterocycles. The molecule has 4 rings (SSSR count). The van der Waals surface area contributed by atoms with E-state index in [2.05, 4.69) is 90.8 Å².